The van der Waals surface area contributed by atoms with Crippen LogP contribution in [-0.2, 0) is 0 Å². The number of nitrogens with one attached hydrogen (secondary N) is 2. The molecule has 8 bridgehead atoms. The van der Waals surface area contributed by atoms with Crippen LogP contribution in [0.25, 0.3) is 89.7 Å². The van der Waals surface area contributed by atoms with E-state index in [0.29, 0.717) is 45.9 Å². The van der Waals surface area contributed by atoms with E-state index in [2.05, 4.69) is 9.97 Å². The third-order valence-corrected chi connectivity index (χ3v) is 7.46. The number of fused-ring (bicyclic) bond motifs is 20. The molecule has 206 valence electrons. The molecule has 0 amide bonds. The van der Waals surface area contributed by atoms with Crippen LogP contribution in [0.15, 0.2) is 97.1 Å². The van der Waals surface area contributed by atoms with Crippen molar-refractivity contribution in [1.29, 1.82) is 0 Å². The molecule has 9 rings (SSSR count). The summed E-state index contributed by atoms with van der Waals surface area (Å²) >= 11 is -0.931. The van der Waals surface area contributed by atoms with Crippen LogP contribution in [0.5, 0.6) is 0 Å². The number of benzene rings is 4. The summed E-state index contributed by atoms with van der Waals surface area (Å²) in [5, 5.41) is 3.82. The Bertz CT molecular complexity index is 2060. The quantitative estimate of drug-likeness (QED) is 0.165. The van der Waals surface area contributed by atoms with Crippen molar-refractivity contribution in [3.63, 3.8) is 0 Å². The molecule has 0 atom stereocenters. The fourth-order valence-electron chi connectivity index (χ4n) is 5.59. The zero-order valence-electron chi connectivity index (χ0n) is 22.4. The van der Waals surface area contributed by atoms with Gasteiger partial charge >= 0.3 is 33.6 Å². The van der Waals surface area contributed by atoms with Gasteiger partial charge in [0.05, 0.1) is 0 Å². The van der Waals surface area contributed by atoms with Crippen LogP contribution in [0, 0.1) is 0 Å². The largest absolute Gasteiger partial charge is 0.324 e. The minimum absolute atomic E-state index is 0.597. The van der Waals surface area contributed by atoms with Crippen LogP contribution < -0.4 is 0 Å². The Morgan fingerprint density at radius 3 is 0.860 bits per heavy atom. The SMILES string of the molecule is [Cl][GeH2][Cl].c1ccc2c(c1)-c1nc-2nc2[nH]c(nc3nc(nc4[nH]c(n1)c1ccccc41)-c1ccccc1-3)c1ccccc21. The molecule has 3 aromatic heterocycles. The summed E-state index contributed by atoms with van der Waals surface area (Å²) < 4.78 is 0. The van der Waals surface area contributed by atoms with E-state index in [9.17, 15) is 0 Å². The minimum Gasteiger partial charge on any atom is -0.324 e. The summed E-state index contributed by atoms with van der Waals surface area (Å²) in [6.07, 6.45) is 0. The fraction of sp³-hybridized carbons (Fsp3) is 0. The molecule has 7 aromatic rings. The summed E-state index contributed by atoms with van der Waals surface area (Å²) in [5.41, 5.74) is 6.45. The number of hydrogen-bond donors (Lipinski definition) is 2. The van der Waals surface area contributed by atoms with Crippen molar-refractivity contribution < 1.29 is 0 Å². The van der Waals surface area contributed by atoms with E-state index in [-0.39, 0.29) is 0 Å². The third kappa shape index (κ3) is 4.37. The number of nitrogens with zero attached hydrogens (tertiary/aromatic N) is 6. The zero-order valence-corrected chi connectivity index (χ0v) is 26.9. The van der Waals surface area contributed by atoms with Gasteiger partial charge in [-0.3, -0.25) is 0 Å². The molecule has 0 spiro atoms. The first-order valence-corrected chi connectivity index (χ1v) is 21.3. The molecule has 0 unspecified atom stereocenters. The molecule has 0 radical (unpaired) electrons. The molecule has 4 aromatic carbocycles. The maximum absolute atomic E-state index is 5.02. The molecular formula is C32H20Cl2GeN8. The van der Waals surface area contributed by atoms with Gasteiger partial charge in [0.2, 0.25) is 0 Å². The number of hydrogen-bond acceptors (Lipinski definition) is 6. The topological polar surface area (TPSA) is 109 Å². The van der Waals surface area contributed by atoms with Crippen molar-refractivity contribution >= 4 is 77.7 Å². The van der Waals surface area contributed by atoms with Gasteiger partial charge in [0.1, 0.15) is 22.6 Å². The molecular weight excluding hydrogens is 640 g/mol. The molecule has 0 saturated carbocycles. The first-order chi connectivity index (χ1) is 21.2. The third-order valence-electron chi connectivity index (χ3n) is 7.46. The molecule has 2 N–H and O–H groups in total. The predicted octanol–water partition coefficient (Wildman–Crippen LogP) is 7.33. The van der Waals surface area contributed by atoms with Gasteiger partial charge in [0.15, 0.2) is 23.3 Å². The first-order valence-electron chi connectivity index (χ1n) is 13.5. The van der Waals surface area contributed by atoms with Gasteiger partial charge < -0.3 is 9.97 Å². The van der Waals surface area contributed by atoms with Crippen molar-refractivity contribution in [1.82, 2.24) is 39.9 Å². The van der Waals surface area contributed by atoms with Gasteiger partial charge in [-0.2, -0.15) is 0 Å². The van der Waals surface area contributed by atoms with Gasteiger partial charge in [0.25, 0.3) is 0 Å². The predicted molar refractivity (Wildman–Crippen MR) is 176 cm³/mol. The Labute approximate surface area is 259 Å². The van der Waals surface area contributed by atoms with E-state index >= 15 is 0 Å². The van der Waals surface area contributed by atoms with E-state index in [1.807, 2.05) is 97.1 Å². The van der Waals surface area contributed by atoms with Gasteiger partial charge in [-0.05, 0) is 0 Å². The Morgan fingerprint density at radius 2 is 0.605 bits per heavy atom. The Kier molecular flexibility index (Phi) is 6.40. The Balaban J connectivity index is 0.000000892. The summed E-state index contributed by atoms with van der Waals surface area (Å²) in [7, 11) is 9.90. The second-order valence-electron chi connectivity index (χ2n) is 9.89. The number of H-pyrrole nitrogens is 2. The molecule has 5 heterocycles. The van der Waals surface area contributed by atoms with Gasteiger partial charge in [-0.25, -0.2) is 29.9 Å². The van der Waals surface area contributed by atoms with E-state index in [4.69, 9.17) is 49.9 Å². The first kappa shape index (κ1) is 26.0. The summed E-state index contributed by atoms with van der Waals surface area (Å²) in [6, 6.07) is 32.2. The molecule has 0 saturated heterocycles. The summed E-state index contributed by atoms with van der Waals surface area (Å²) in [4.78, 5) is 36.8. The van der Waals surface area contributed by atoms with Gasteiger partial charge in [-0.15, -0.1) is 0 Å². The standard InChI is InChI=1S/C32H18N8.Cl2GeH2/c1-2-10-18-17(9-1)25-33-26(18)38-28-21-13-5-6-14-22(21)30(35-28)40-32-24-16-8-7-15-23(24)31(36-32)39-29-20-12-4-3-11-19(20)27(34-29)37-25;1-3-2/h1-16H,(H2,33,34,35,36,37,38,39,40);3H2. The second kappa shape index (κ2) is 10.6. The monoisotopic (exact) mass is 660 g/mol. The molecule has 2 aliphatic heterocycles. The molecule has 2 aliphatic rings. The molecule has 11 heteroatoms. The van der Waals surface area contributed by atoms with E-state index < -0.39 is 13.6 Å². The van der Waals surface area contributed by atoms with Crippen molar-refractivity contribution in [3.8, 4) is 45.6 Å². The summed E-state index contributed by atoms with van der Waals surface area (Å²) in [6.45, 7) is 0. The Hall–Kier alpha value is -4.64. The molecule has 0 fully saturated rings. The maximum atomic E-state index is 5.02. The van der Waals surface area contributed by atoms with E-state index in [1.54, 1.807) is 0 Å². The fourth-order valence-corrected chi connectivity index (χ4v) is 5.59. The minimum atomic E-state index is -0.931. The second-order valence-corrected chi connectivity index (χ2v) is 14.5. The van der Waals surface area contributed by atoms with Crippen molar-refractivity contribution in [2.24, 2.45) is 0 Å². The molecule has 8 nitrogen and oxygen atoms in total. The van der Waals surface area contributed by atoms with Crippen LogP contribution in [-0.4, -0.2) is 53.4 Å². The van der Waals surface area contributed by atoms with Crippen LogP contribution in [0.4, 0.5) is 0 Å². The number of aromatic nitrogens is 8. The number of aromatic amines is 2. The number of halogens is 2. The van der Waals surface area contributed by atoms with Crippen molar-refractivity contribution in [2.45, 2.75) is 0 Å². The average Bonchev–Trinajstić information content (AvgIpc) is 3.77. The van der Waals surface area contributed by atoms with Crippen LogP contribution in [0.3, 0.4) is 0 Å². The Morgan fingerprint density at radius 1 is 0.372 bits per heavy atom. The van der Waals surface area contributed by atoms with Crippen LogP contribution >= 0.6 is 20.0 Å². The van der Waals surface area contributed by atoms with Crippen molar-refractivity contribution in [2.75, 3.05) is 0 Å². The number of rotatable bonds is 0. The normalized spacial score (nSPS) is 11.6. The average molecular weight is 660 g/mol. The van der Waals surface area contributed by atoms with E-state index in [0.717, 1.165) is 43.8 Å². The van der Waals surface area contributed by atoms with E-state index in [1.165, 1.54) is 0 Å². The van der Waals surface area contributed by atoms with Gasteiger partial charge in [-0.1, -0.05) is 97.1 Å². The molecule has 43 heavy (non-hydrogen) atoms. The van der Waals surface area contributed by atoms with Crippen LogP contribution in [0.2, 0.25) is 0 Å². The zero-order chi connectivity index (χ0) is 28.9. The van der Waals surface area contributed by atoms with Crippen LogP contribution in [0.1, 0.15) is 0 Å². The summed E-state index contributed by atoms with van der Waals surface area (Å²) in [5.74, 6) is 2.39. The van der Waals surface area contributed by atoms with Gasteiger partial charge in [0, 0.05) is 43.8 Å². The smallest absolute Gasteiger partial charge is 0.164 e. The van der Waals surface area contributed by atoms with Crippen molar-refractivity contribution in [3.05, 3.63) is 97.1 Å². The maximum Gasteiger partial charge on any atom is 0.164 e. The molecule has 0 aliphatic carbocycles.